The van der Waals surface area contributed by atoms with E-state index in [0.29, 0.717) is 11.5 Å². The number of hydrogen-bond donors (Lipinski definition) is 1. The zero-order valence-corrected chi connectivity index (χ0v) is 9.56. The number of nitrogens with one attached hydrogen (secondary N) is 1. The molecule has 4 heteroatoms. The summed E-state index contributed by atoms with van der Waals surface area (Å²) in [7, 11) is 1.41. The van der Waals surface area contributed by atoms with Gasteiger partial charge in [0.15, 0.2) is 0 Å². The van der Waals surface area contributed by atoms with Gasteiger partial charge in [-0.2, -0.15) is 0 Å². The Kier molecular flexibility index (Phi) is 3.58. The minimum Gasteiger partial charge on any atom is -0.465 e. The zero-order valence-electron chi connectivity index (χ0n) is 8.74. The Labute approximate surface area is 95.2 Å². The normalized spacial score (nSPS) is 17.3. The SMILES string of the molecule is COC(=O)c1cccc2c1C(C)CN2.Cl. The average Bonchev–Trinajstić information content (AvgIpc) is 2.59. The summed E-state index contributed by atoms with van der Waals surface area (Å²) in [5, 5.41) is 3.26. The highest BCUT2D eigenvalue weighted by molar-refractivity contribution is 5.93. The molecular formula is C11H14ClNO2. The quantitative estimate of drug-likeness (QED) is 0.749. The standard InChI is InChI=1S/C11H13NO2.ClH/c1-7-6-12-9-5-3-4-8(10(7)9)11(13)14-2;/h3-5,7,12H,6H2,1-2H3;1H. The van der Waals surface area contributed by atoms with Gasteiger partial charge in [0.1, 0.15) is 0 Å². The number of fused-ring (bicyclic) bond motifs is 1. The van der Waals surface area contributed by atoms with Crippen LogP contribution < -0.4 is 5.32 Å². The predicted octanol–water partition coefficient (Wildman–Crippen LogP) is 2.42. The maximum Gasteiger partial charge on any atom is 0.338 e. The molecule has 1 aromatic carbocycles. The molecule has 0 saturated heterocycles. The van der Waals surface area contributed by atoms with Crippen LogP contribution in [-0.2, 0) is 4.74 Å². The largest absolute Gasteiger partial charge is 0.465 e. The van der Waals surface area contributed by atoms with Gasteiger partial charge in [-0.05, 0) is 17.7 Å². The smallest absolute Gasteiger partial charge is 0.338 e. The Bertz CT molecular complexity index is 379. The van der Waals surface area contributed by atoms with Gasteiger partial charge >= 0.3 is 5.97 Å². The van der Waals surface area contributed by atoms with Crippen LogP contribution in [0.1, 0.15) is 28.8 Å². The van der Waals surface area contributed by atoms with Crippen molar-refractivity contribution < 1.29 is 9.53 Å². The molecule has 0 amide bonds. The molecular weight excluding hydrogens is 214 g/mol. The van der Waals surface area contributed by atoms with E-state index < -0.39 is 0 Å². The second-order valence-corrected chi connectivity index (χ2v) is 3.54. The third kappa shape index (κ3) is 1.92. The number of carbonyl (C=O) groups is 1. The third-order valence-electron chi connectivity index (χ3n) is 2.60. The van der Waals surface area contributed by atoms with Crippen molar-refractivity contribution >= 4 is 24.1 Å². The van der Waals surface area contributed by atoms with Gasteiger partial charge in [-0.3, -0.25) is 0 Å². The average molecular weight is 228 g/mol. The second-order valence-electron chi connectivity index (χ2n) is 3.54. The Morgan fingerprint density at radius 1 is 1.53 bits per heavy atom. The first kappa shape index (κ1) is 11.9. The lowest BCUT2D eigenvalue weighted by Gasteiger charge is -2.08. The summed E-state index contributed by atoms with van der Waals surface area (Å²) >= 11 is 0. The molecule has 1 aromatic rings. The van der Waals surface area contributed by atoms with E-state index in [1.54, 1.807) is 0 Å². The Balaban J connectivity index is 0.00000112. The molecule has 1 aliphatic rings. The van der Waals surface area contributed by atoms with Gasteiger partial charge in [0.05, 0.1) is 12.7 Å². The highest BCUT2D eigenvalue weighted by atomic mass is 35.5. The summed E-state index contributed by atoms with van der Waals surface area (Å²) in [6.45, 7) is 2.99. The number of rotatable bonds is 1. The number of esters is 1. The number of carbonyl (C=O) groups excluding carboxylic acids is 1. The molecule has 0 fully saturated rings. The number of halogens is 1. The minimum absolute atomic E-state index is 0. The molecule has 1 N–H and O–H groups in total. The minimum atomic E-state index is -0.252. The van der Waals surface area contributed by atoms with Crippen LogP contribution in [0.15, 0.2) is 18.2 Å². The van der Waals surface area contributed by atoms with Gasteiger partial charge in [-0.15, -0.1) is 12.4 Å². The first-order valence-corrected chi connectivity index (χ1v) is 4.69. The number of benzene rings is 1. The fourth-order valence-corrected chi connectivity index (χ4v) is 1.90. The summed E-state index contributed by atoms with van der Waals surface area (Å²) < 4.78 is 4.74. The molecule has 1 atom stereocenters. The van der Waals surface area contributed by atoms with Crippen LogP contribution in [0, 0.1) is 0 Å². The van der Waals surface area contributed by atoms with Crippen molar-refractivity contribution in [2.75, 3.05) is 19.0 Å². The van der Waals surface area contributed by atoms with Gasteiger partial charge in [-0.1, -0.05) is 13.0 Å². The van der Waals surface area contributed by atoms with Crippen molar-refractivity contribution in [2.24, 2.45) is 0 Å². The molecule has 0 saturated carbocycles. The van der Waals surface area contributed by atoms with E-state index in [4.69, 9.17) is 4.74 Å². The summed E-state index contributed by atoms with van der Waals surface area (Å²) in [6, 6.07) is 5.68. The fraction of sp³-hybridized carbons (Fsp3) is 0.364. The monoisotopic (exact) mass is 227 g/mol. The molecule has 3 nitrogen and oxygen atoms in total. The highest BCUT2D eigenvalue weighted by Gasteiger charge is 2.24. The molecule has 15 heavy (non-hydrogen) atoms. The van der Waals surface area contributed by atoms with Crippen LogP contribution in [0.3, 0.4) is 0 Å². The summed E-state index contributed by atoms with van der Waals surface area (Å²) in [6.07, 6.45) is 0. The third-order valence-corrected chi connectivity index (χ3v) is 2.60. The Morgan fingerprint density at radius 3 is 2.93 bits per heavy atom. The van der Waals surface area contributed by atoms with Gasteiger partial charge in [-0.25, -0.2) is 4.79 Å². The summed E-state index contributed by atoms with van der Waals surface area (Å²) in [5.41, 5.74) is 2.82. The topological polar surface area (TPSA) is 38.3 Å². The van der Waals surface area contributed by atoms with Crippen LogP contribution >= 0.6 is 12.4 Å². The number of methoxy groups -OCH3 is 1. The van der Waals surface area contributed by atoms with Crippen LogP contribution in [-0.4, -0.2) is 19.6 Å². The maximum atomic E-state index is 11.5. The van der Waals surface area contributed by atoms with E-state index in [1.165, 1.54) is 7.11 Å². The van der Waals surface area contributed by atoms with E-state index in [0.717, 1.165) is 17.8 Å². The van der Waals surface area contributed by atoms with Crippen LogP contribution in [0.2, 0.25) is 0 Å². The predicted molar refractivity (Wildman–Crippen MR) is 61.9 cm³/mol. The van der Waals surface area contributed by atoms with Crippen LogP contribution in [0.4, 0.5) is 5.69 Å². The first-order chi connectivity index (χ1) is 6.74. The fourth-order valence-electron chi connectivity index (χ4n) is 1.90. The molecule has 2 rings (SSSR count). The van der Waals surface area contributed by atoms with Gasteiger partial charge < -0.3 is 10.1 Å². The van der Waals surface area contributed by atoms with Gasteiger partial charge in [0.2, 0.25) is 0 Å². The van der Waals surface area contributed by atoms with E-state index in [-0.39, 0.29) is 18.4 Å². The zero-order chi connectivity index (χ0) is 10.1. The van der Waals surface area contributed by atoms with Crippen molar-refractivity contribution in [2.45, 2.75) is 12.8 Å². The lowest BCUT2D eigenvalue weighted by molar-refractivity contribution is 0.0599. The van der Waals surface area contributed by atoms with E-state index in [9.17, 15) is 4.79 Å². The molecule has 0 aromatic heterocycles. The van der Waals surface area contributed by atoms with Crippen molar-refractivity contribution in [1.29, 1.82) is 0 Å². The Morgan fingerprint density at radius 2 is 2.27 bits per heavy atom. The van der Waals surface area contributed by atoms with Crippen molar-refractivity contribution in [1.82, 2.24) is 0 Å². The van der Waals surface area contributed by atoms with Crippen molar-refractivity contribution in [3.63, 3.8) is 0 Å². The van der Waals surface area contributed by atoms with Gasteiger partial charge in [0, 0.05) is 18.2 Å². The van der Waals surface area contributed by atoms with Crippen molar-refractivity contribution in [3.8, 4) is 0 Å². The molecule has 1 aliphatic heterocycles. The maximum absolute atomic E-state index is 11.5. The molecule has 0 aliphatic carbocycles. The van der Waals surface area contributed by atoms with Crippen LogP contribution in [0.5, 0.6) is 0 Å². The molecule has 1 unspecified atom stereocenters. The van der Waals surface area contributed by atoms with E-state index in [2.05, 4.69) is 12.2 Å². The lowest BCUT2D eigenvalue weighted by Crippen LogP contribution is -2.06. The number of anilines is 1. The lowest BCUT2D eigenvalue weighted by atomic mass is 9.97. The van der Waals surface area contributed by atoms with Gasteiger partial charge in [0.25, 0.3) is 0 Å². The van der Waals surface area contributed by atoms with E-state index in [1.807, 2.05) is 18.2 Å². The summed E-state index contributed by atoms with van der Waals surface area (Å²) in [5.74, 6) is 0.123. The Hall–Kier alpha value is -1.22. The second kappa shape index (κ2) is 4.53. The molecule has 1 heterocycles. The van der Waals surface area contributed by atoms with Crippen molar-refractivity contribution in [3.05, 3.63) is 29.3 Å². The number of hydrogen-bond acceptors (Lipinski definition) is 3. The highest BCUT2D eigenvalue weighted by Crippen LogP contribution is 2.33. The van der Waals surface area contributed by atoms with E-state index >= 15 is 0 Å². The number of ether oxygens (including phenoxy) is 1. The van der Waals surface area contributed by atoms with Crippen LogP contribution in [0.25, 0.3) is 0 Å². The molecule has 0 spiro atoms. The molecule has 82 valence electrons. The molecule has 0 bridgehead atoms. The first-order valence-electron chi connectivity index (χ1n) is 4.69. The molecule has 0 radical (unpaired) electrons. The summed E-state index contributed by atoms with van der Waals surface area (Å²) in [4.78, 5) is 11.5.